The van der Waals surface area contributed by atoms with Crippen molar-refractivity contribution in [3.05, 3.63) is 47.9 Å². The molecule has 2 heterocycles. The van der Waals surface area contributed by atoms with E-state index in [9.17, 15) is 4.79 Å². The number of carbonyl (C=O) groups is 1. The summed E-state index contributed by atoms with van der Waals surface area (Å²) in [4.78, 5) is 20.9. The first-order chi connectivity index (χ1) is 12.7. The van der Waals surface area contributed by atoms with Crippen LogP contribution < -0.4 is 0 Å². The first-order valence-corrected chi connectivity index (χ1v) is 8.57. The van der Waals surface area contributed by atoms with Crippen LogP contribution in [0.4, 0.5) is 0 Å². The SMILES string of the molecule is CCOC(=O)C1CC1c1cnc(C)c(-c2nnc(-c3ccccc3)o2)n1.[HH]. The number of esters is 1. The van der Waals surface area contributed by atoms with E-state index in [0.29, 0.717) is 29.8 Å². The summed E-state index contributed by atoms with van der Waals surface area (Å²) < 4.78 is 10.9. The molecule has 2 aromatic heterocycles. The van der Waals surface area contributed by atoms with Gasteiger partial charge in [0, 0.05) is 19.1 Å². The van der Waals surface area contributed by atoms with E-state index in [-0.39, 0.29) is 19.2 Å². The molecule has 1 aromatic carbocycles. The highest BCUT2D eigenvalue weighted by Crippen LogP contribution is 2.47. The molecule has 26 heavy (non-hydrogen) atoms. The summed E-state index contributed by atoms with van der Waals surface area (Å²) in [6, 6.07) is 9.55. The van der Waals surface area contributed by atoms with Gasteiger partial charge in [0.25, 0.3) is 5.89 Å². The first kappa shape index (κ1) is 16.4. The maximum absolute atomic E-state index is 11.9. The van der Waals surface area contributed by atoms with Gasteiger partial charge >= 0.3 is 5.97 Å². The van der Waals surface area contributed by atoms with Crippen molar-refractivity contribution in [2.75, 3.05) is 6.61 Å². The highest BCUT2D eigenvalue weighted by molar-refractivity contribution is 5.77. The average molecular weight is 352 g/mol. The third-order valence-electron chi connectivity index (χ3n) is 4.38. The minimum absolute atomic E-state index is 0. The van der Waals surface area contributed by atoms with Crippen LogP contribution in [-0.4, -0.2) is 32.7 Å². The van der Waals surface area contributed by atoms with Crippen LogP contribution in [0.15, 0.2) is 40.9 Å². The number of aryl methyl sites for hydroxylation is 1. The fourth-order valence-corrected chi connectivity index (χ4v) is 2.89. The fourth-order valence-electron chi connectivity index (χ4n) is 2.89. The highest BCUT2D eigenvalue weighted by Gasteiger charge is 2.46. The molecule has 0 saturated heterocycles. The number of hydrogen-bond donors (Lipinski definition) is 0. The third-order valence-corrected chi connectivity index (χ3v) is 4.38. The summed E-state index contributed by atoms with van der Waals surface area (Å²) in [6.07, 6.45) is 2.44. The van der Waals surface area contributed by atoms with Crippen LogP contribution >= 0.6 is 0 Å². The zero-order valence-corrected chi connectivity index (χ0v) is 14.5. The van der Waals surface area contributed by atoms with Crippen LogP contribution in [0, 0.1) is 12.8 Å². The van der Waals surface area contributed by atoms with Crippen molar-refractivity contribution in [3.8, 4) is 23.0 Å². The summed E-state index contributed by atoms with van der Waals surface area (Å²) >= 11 is 0. The maximum Gasteiger partial charge on any atom is 0.309 e. The Morgan fingerprint density at radius 1 is 1.27 bits per heavy atom. The normalized spacial score (nSPS) is 18.5. The van der Waals surface area contributed by atoms with Crippen LogP contribution in [0.1, 0.15) is 32.1 Å². The Labute approximate surface area is 151 Å². The lowest BCUT2D eigenvalue weighted by molar-refractivity contribution is -0.144. The topological polar surface area (TPSA) is 91.0 Å². The summed E-state index contributed by atoms with van der Waals surface area (Å²) in [5.41, 5.74) is 2.85. The molecule has 0 radical (unpaired) electrons. The van der Waals surface area contributed by atoms with Crippen LogP contribution in [0.2, 0.25) is 0 Å². The first-order valence-electron chi connectivity index (χ1n) is 8.57. The van der Waals surface area contributed by atoms with Crippen LogP contribution in [0.25, 0.3) is 23.0 Å². The second kappa shape index (κ2) is 6.67. The molecule has 0 spiro atoms. The molecule has 2 atom stereocenters. The standard InChI is InChI=1S/C19H18N4O3.H2/c1-3-25-19(24)14-9-13(14)15-10-20-11(2)16(21-15)18-23-22-17(26-18)12-7-5-4-6-8-12;/h4-8,10,13-14H,3,9H2,1-2H3;1H. The number of nitrogens with zero attached hydrogens (tertiary/aromatic N) is 4. The molecule has 0 amide bonds. The lowest BCUT2D eigenvalue weighted by Gasteiger charge is -2.04. The maximum atomic E-state index is 11.9. The molecule has 134 valence electrons. The molecule has 1 aliphatic carbocycles. The third kappa shape index (κ3) is 3.08. The minimum atomic E-state index is -0.175. The van der Waals surface area contributed by atoms with Gasteiger partial charge < -0.3 is 9.15 Å². The van der Waals surface area contributed by atoms with Crippen LogP contribution in [-0.2, 0) is 9.53 Å². The van der Waals surface area contributed by atoms with Crippen LogP contribution in [0.3, 0.4) is 0 Å². The number of carbonyl (C=O) groups excluding carboxylic acids is 1. The fraction of sp³-hybridized carbons (Fsp3) is 0.316. The average Bonchev–Trinajstić information content (AvgIpc) is 3.32. The van der Waals surface area contributed by atoms with Gasteiger partial charge in [0.1, 0.15) is 5.69 Å². The number of aromatic nitrogens is 4. The van der Waals surface area contributed by atoms with Crippen molar-refractivity contribution in [2.45, 2.75) is 26.2 Å². The van der Waals surface area contributed by atoms with Crippen molar-refractivity contribution >= 4 is 5.97 Å². The van der Waals surface area contributed by atoms with Gasteiger partial charge in [0.2, 0.25) is 5.89 Å². The molecule has 2 unspecified atom stereocenters. The predicted molar refractivity (Wildman–Crippen MR) is 95.1 cm³/mol. The van der Waals surface area contributed by atoms with E-state index in [0.717, 1.165) is 17.7 Å². The van der Waals surface area contributed by atoms with Crippen molar-refractivity contribution in [1.82, 2.24) is 20.2 Å². The number of rotatable bonds is 5. The van der Waals surface area contributed by atoms with E-state index in [2.05, 4.69) is 20.2 Å². The Morgan fingerprint density at radius 2 is 2.04 bits per heavy atom. The zero-order valence-electron chi connectivity index (χ0n) is 14.5. The van der Waals surface area contributed by atoms with E-state index >= 15 is 0 Å². The zero-order chi connectivity index (χ0) is 18.1. The van der Waals surface area contributed by atoms with Crippen LogP contribution in [0.5, 0.6) is 0 Å². The van der Waals surface area contributed by atoms with Gasteiger partial charge in [-0.1, -0.05) is 18.2 Å². The van der Waals surface area contributed by atoms with Gasteiger partial charge in [-0.2, -0.15) is 0 Å². The number of ether oxygens (including phenoxy) is 1. The Hall–Kier alpha value is -3.09. The number of benzene rings is 1. The second-order valence-corrected chi connectivity index (χ2v) is 6.21. The van der Waals surface area contributed by atoms with Gasteiger partial charge in [-0.25, -0.2) is 4.98 Å². The molecular formula is C19H20N4O3. The second-order valence-electron chi connectivity index (χ2n) is 6.21. The monoisotopic (exact) mass is 352 g/mol. The molecule has 0 aliphatic heterocycles. The Bertz CT molecular complexity index is 945. The predicted octanol–water partition coefficient (Wildman–Crippen LogP) is 3.41. The Morgan fingerprint density at radius 3 is 2.81 bits per heavy atom. The summed E-state index contributed by atoms with van der Waals surface area (Å²) in [5.74, 6) is 0.484. The van der Waals surface area contributed by atoms with E-state index in [1.807, 2.05) is 37.3 Å². The van der Waals surface area contributed by atoms with E-state index in [1.165, 1.54) is 0 Å². The Balaban J connectivity index is 0.00000210. The lowest BCUT2D eigenvalue weighted by atomic mass is 10.2. The lowest BCUT2D eigenvalue weighted by Crippen LogP contribution is -2.08. The highest BCUT2D eigenvalue weighted by atomic mass is 16.5. The molecule has 3 aromatic rings. The van der Waals surface area contributed by atoms with Gasteiger partial charge in [-0.3, -0.25) is 9.78 Å². The van der Waals surface area contributed by atoms with Crippen molar-refractivity contribution < 1.29 is 15.4 Å². The molecule has 4 rings (SSSR count). The van der Waals surface area contributed by atoms with Gasteiger partial charge in [-0.15, -0.1) is 10.2 Å². The summed E-state index contributed by atoms with van der Waals surface area (Å²) in [5, 5.41) is 8.22. The van der Waals surface area contributed by atoms with Crippen molar-refractivity contribution in [1.29, 1.82) is 0 Å². The molecule has 7 heteroatoms. The minimum Gasteiger partial charge on any atom is -0.466 e. The van der Waals surface area contributed by atoms with E-state index in [1.54, 1.807) is 13.1 Å². The van der Waals surface area contributed by atoms with Gasteiger partial charge in [-0.05, 0) is 32.4 Å². The smallest absolute Gasteiger partial charge is 0.309 e. The van der Waals surface area contributed by atoms with E-state index in [4.69, 9.17) is 9.15 Å². The molecule has 0 bridgehead atoms. The number of hydrogen-bond acceptors (Lipinski definition) is 7. The van der Waals surface area contributed by atoms with E-state index < -0.39 is 0 Å². The molecular weight excluding hydrogens is 332 g/mol. The molecule has 1 saturated carbocycles. The molecule has 7 nitrogen and oxygen atoms in total. The molecule has 1 aliphatic rings. The summed E-state index contributed by atoms with van der Waals surface area (Å²) in [7, 11) is 0. The molecule has 1 fully saturated rings. The quantitative estimate of drug-likeness (QED) is 0.650. The summed E-state index contributed by atoms with van der Waals surface area (Å²) in [6.45, 7) is 4.03. The molecule has 0 N–H and O–H groups in total. The Kier molecular flexibility index (Phi) is 4.20. The van der Waals surface area contributed by atoms with Crippen molar-refractivity contribution in [2.24, 2.45) is 5.92 Å². The van der Waals surface area contributed by atoms with Crippen molar-refractivity contribution in [3.63, 3.8) is 0 Å². The van der Waals surface area contributed by atoms with Gasteiger partial charge in [0.15, 0.2) is 0 Å². The van der Waals surface area contributed by atoms with Gasteiger partial charge in [0.05, 0.1) is 23.9 Å². The largest absolute Gasteiger partial charge is 0.466 e.